The quantitative estimate of drug-likeness (QED) is 0.673. The molecule has 0 saturated carbocycles. The van der Waals surface area contributed by atoms with Gasteiger partial charge in [0.1, 0.15) is 0 Å². The Morgan fingerprint density at radius 3 is 2.11 bits per heavy atom. The lowest BCUT2D eigenvalue weighted by Crippen LogP contribution is -2.30. The standard InChI is InChI=1S/C21H28N4O3/c1-15(2)25(3)14-17-8-6-5-7-16(17)13-22-20(26)23-18-9-11-19(12-10-18)24-21(27)28-4/h5-12,15H,13-14H2,1-4H3,(H,24,27)(H2,22,23,26). The van der Waals surface area contributed by atoms with Crippen LogP contribution in [0.2, 0.25) is 0 Å². The average Bonchev–Trinajstić information content (AvgIpc) is 2.68. The van der Waals surface area contributed by atoms with Crippen molar-refractivity contribution in [2.45, 2.75) is 33.0 Å². The van der Waals surface area contributed by atoms with Crippen LogP contribution in [-0.2, 0) is 17.8 Å². The van der Waals surface area contributed by atoms with Gasteiger partial charge in [0.25, 0.3) is 0 Å². The third-order valence-electron chi connectivity index (χ3n) is 4.43. The van der Waals surface area contributed by atoms with Crippen molar-refractivity contribution in [1.82, 2.24) is 10.2 Å². The molecular formula is C21H28N4O3. The van der Waals surface area contributed by atoms with E-state index in [0.717, 1.165) is 12.1 Å². The Bertz CT molecular complexity index is 790. The van der Waals surface area contributed by atoms with Crippen LogP contribution in [0, 0.1) is 0 Å². The summed E-state index contributed by atoms with van der Waals surface area (Å²) in [5.74, 6) is 0. The normalized spacial score (nSPS) is 10.6. The topological polar surface area (TPSA) is 82.7 Å². The second-order valence-corrected chi connectivity index (χ2v) is 6.78. The monoisotopic (exact) mass is 384 g/mol. The maximum absolute atomic E-state index is 12.2. The Kier molecular flexibility index (Phi) is 7.83. The molecule has 28 heavy (non-hydrogen) atoms. The second kappa shape index (κ2) is 10.3. The first-order valence-corrected chi connectivity index (χ1v) is 9.16. The zero-order valence-corrected chi connectivity index (χ0v) is 16.8. The minimum Gasteiger partial charge on any atom is -0.453 e. The molecule has 0 heterocycles. The van der Waals surface area contributed by atoms with E-state index in [4.69, 9.17) is 0 Å². The molecule has 7 nitrogen and oxygen atoms in total. The number of amides is 3. The molecule has 0 radical (unpaired) electrons. The van der Waals surface area contributed by atoms with Crippen molar-refractivity contribution in [1.29, 1.82) is 0 Å². The lowest BCUT2D eigenvalue weighted by molar-refractivity contribution is 0.187. The smallest absolute Gasteiger partial charge is 0.411 e. The molecule has 0 unspecified atom stereocenters. The average molecular weight is 384 g/mol. The number of rotatable bonds is 7. The van der Waals surface area contributed by atoms with Crippen LogP contribution in [0.4, 0.5) is 21.0 Å². The molecule has 2 rings (SSSR count). The highest BCUT2D eigenvalue weighted by Gasteiger charge is 2.09. The molecule has 2 aromatic carbocycles. The number of nitrogens with one attached hydrogen (secondary N) is 3. The van der Waals surface area contributed by atoms with Gasteiger partial charge in [0, 0.05) is 30.5 Å². The van der Waals surface area contributed by atoms with Gasteiger partial charge in [0.2, 0.25) is 0 Å². The highest BCUT2D eigenvalue weighted by atomic mass is 16.5. The number of carbonyl (C=O) groups excluding carboxylic acids is 2. The molecule has 0 saturated heterocycles. The van der Waals surface area contributed by atoms with E-state index in [0.29, 0.717) is 24.0 Å². The van der Waals surface area contributed by atoms with Crippen molar-refractivity contribution in [3.8, 4) is 0 Å². The van der Waals surface area contributed by atoms with Gasteiger partial charge >= 0.3 is 12.1 Å². The minimum atomic E-state index is -0.541. The van der Waals surface area contributed by atoms with Crippen molar-refractivity contribution in [2.75, 3.05) is 24.8 Å². The third kappa shape index (κ3) is 6.59. The predicted octanol–water partition coefficient (Wildman–Crippen LogP) is 4.03. The summed E-state index contributed by atoms with van der Waals surface area (Å²) in [5.41, 5.74) is 3.49. The van der Waals surface area contributed by atoms with Crippen LogP contribution in [0.25, 0.3) is 0 Å². The fourth-order valence-electron chi connectivity index (χ4n) is 2.49. The molecule has 0 bridgehead atoms. The molecular weight excluding hydrogens is 356 g/mol. The number of hydrogen-bond donors (Lipinski definition) is 3. The first-order valence-electron chi connectivity index (χ1n) is 9.16. The number of methoxy groups -OCH3 is 1. The van der Waals surface area contributed by atoms with Crippen molar-refractivity contribution in [2.24, 2.45) is 0 Å². The lowest BCUT2D eigenvalue weighted by Gasteiger charge is -2.22. The number of hydrogen-bond acceptors (Lipinski definition) is 4. The Morgan fingerprint density at radius 2 is 1.54 bits per heavy atom. The van der Waals surface area contributed by atoms with E-state index >= 15 is 0 Å². The molecule has 7 heteroatoms. The molecule has 2 aromatic rings. The van der Waals surface area contributed by atoms with Gasteiger partial charge in [-0.15, -0.1) is 0 Å². The number of urea groups is 1. The summed E-state index contributed by atoms with van der Waals surface area (Å²) in [4.78, 5) is 25.6. The lowest BCUT2D eigenvalue weighted by atomic mass is 10.1. The van der Waals surface area contributed by atoms with Crippen molar-refractivity contribution < 1.29 is 14.3 Å². The maximum atomic E-state index is 12.2. The van der Waals surface area contributed by atoms with E-state index in [9.17, 15) is 9.59 Å². The molecule has 0 aliphatic carbocycles. The first-order chi connectivity index (χ1) is 13.4. The maximum Gasteiger partial charge on any atom is 0.411 e. The summed E-state index contributed by atoms with van der Waals surface area (Å²) in [6.45, 7) is 5.57. The summed E-state index contributed by atoms with van der Waals surface area (Å²) in [7, 11) is 3.38. The molecule has 0 atom stereocenters. The molecule has 0 aliphatic rings. The minimum absolute atomic E-state index is 0.291. The fourth-order valence-corrected chi connectivity index (χ4v) is 2.49. The zero-order chi connectivity index (χ0) is 20.5. The highest BCUT2D eigenvalue weighted by molar-refractivity contribution is 5.90. The van der Waals surface area contributed by atoms with Gasteiger partial charge in [0.05, 0.1) is 7.11 Å². The van der Waals surface area contributed by atoms with Crippen LogP contribution in [0.3, 0.4) is 0 Å². The van der Waals surface area contributed by atoms with E-state index in [1.165, 1.54) is 12.7 Å². The van der Waals surface area contributed by atoms with Gasteiger partial charge in [-0.2, -0.15) is 0 Å². The number of nitrogens with zero attached hydrogens (tertiary/aromatic N) is 1. The van der Waals surface area contributed by atoms with E-state index in [2.05, 4.69) is 52.5 Å². The number of carbonyl (C=O) groups is 2. The van der Waals surface area contributed by atoms with Crippen molar-refractivity contribution in [3.63, 3.8) is 0 Å². The zero-order valence-electron chi connectivity index (χ0n) is 16.8. The van der Waals surface area contributed by atoms with E-state index in [1.807, 2.05) is 18.2 Å². The fraction of sp³-hybridized carbons (Fsp3) is 0.333. The van der Waals surface area contributed by atoms with E-state index < -0.39 is 6.09 Å². The number of ether oxygens (including phenoxy) is 1. The molecule has 0 aromatic heterocycles. The van der Waals surface area contributed by atoms with E-state index in [-0.39, 0.29) is 6.03 Å². The Morgan fingerprint density at radius 1 is 0.964 bits per heavy atom. The van der Waals surface area contributed by atoms with Crippen LogP contribution in [-0.4, -0.2) is 37.2 Å². The predicted molar refractivity (Wildman–Crippen MR) is 111 cm³/mol. The summed E-state index contributed by atoms with van der Waals surface area (Å²) >= 11 is 0. The van der Waals surface area contributed by atoms with Crippen LogP contribution in [0.5, 0.6) is 0 Å². The Balaban J connectivity index is 1.90. The molecule has 150 valence electrons. The molecule has 3 N–H and O–H groups in total. The third-order valence-corrected chi connectivity index (χ3v) is 4.43. The van der Waals surface area contributed by atoms with Crippen LogP contribution in [0.1, 0.15) is 25.0 Å². The van der Waals surface area contributed by atoms with Gasteiger partial charge in [0.15, 0.2) is 0 Å². The summed E-state index contributed by atoms with van der Waals surface area (Å²) in [5, 5.41) is 8.22. The van der Waals surface area contributed by atoms with E-state index in [1.54, 1.807) is 24.3 Å². The number of anilines is 2. The van der Waals surface area contributed by atoms with Crippen LogP contribution in [0.15, 0.2) is 48.5 Å². The van der Waals surface area contributed by atoms with Crippen molar-refractivity contribution in [3.05, 3.63) is 59.7 Å². The van der Waals surface area contributed by atoms with Crippen LogP contribution < -0.4 is 16.0 Å². The van der Waals surface area contributed by atoms with Crippen LogP contribution >= 0.6 is 0 Å². The second-order valence-electron chi connectivity index (χ2n) is 6.78. The molecule has 0 fully saturated rings. The largest absolute Gasteiger partial charge is 0.453 e. The summed E-state index contributed by atoms with van der Waals surface area (Å²) in [6.07, 6.45) is -0.541. The SMILES string of the molecule is COC(=O)Nc1ccc(NC(=O)NCc2ccccc2CN(C)C(C)C)cc1. The van der Waals surface area contributed by atoms with Gasteiger partial charge in [-0.25, -0.2) is 9.59 Å². The Labute approximate surface area is 166 Å². The summed E-state index contributed by atoms with van der Waals surface area (Å²) < 4.78 is 4.54. The highest BCUT2D eigenvalue weighted by Crippen LogP contribution is 2.15. The molecule has 3 amide bonds. The van der Waals surface area contributed by atoms with Gasteiger partial charge in [-0.3, -0.25) is 10.2 Å². The van der Waals surface area contributed by atoms with Gasteiger partial charge < -0.3 is 15.4 Å². The Hall–Kier alpha value is -3.06. The number of benzene rings is 2. The van der Waals surface area contributed by atoms with Crippen molar-refractivity contribution >= 4 is 23.5 Å². The molecule has 0 aliphatic heterocycles. The van der Waals surface area contributed by atoms with Gasteiger partial charge in [-0.1, -0.05) is 24.3 Å². The van der Waals surface area contributed by atoms with Gasteiger partial charge in [-0.05, 0) is 56.3 Å². The first kappa shape index (κ1) is 21.2. The summed E-state index contributed by atoms with van der Waals surface area (Å²) in [6, 6.07) is 15.0. The molecule has 0 spiro atoms.